The molecule has 2 rings (SSSR count). The Morgan fingerprint density at radius 1 is 1.45 bits per heavy atom. The van der Waals surface area contributed by atoms with E-state index in [2.05, 4.69) is 0 Å². The molecular weight excluding hydrogens is 300 g/mol. The molecule has 1 aliphatic heterocycles. The lowest BCUT2D eigenvalue weighted by Gasteiger charge is -2.29. The third-order valence-corrected chi connectivity index (χ3v) is 5.43. The van der Waals surface area contributed by atoms with Crippen LogP contribution >= 0.6 is 11.3 Å². The van der Waals surface area contributed by atoms with Crippen LogP contribution in [0, 0.1) is 0 Å². The van der Waals surface area contributed by atoms with Gasteiger partial charge in [0.15, 0.2) is 0 Å². The average Bonchev–Trinajstić information content (AvgIpc) is 2.68. The number of hydrogen-bond donors (Lipinski definition) is 1. The first-order valence-corrected chi connectivity index (χ1v) is 8.55. The van der Waals surface area contributed by atoms with Crippen LogP contribution in [0.5, 0.6) is 0 Å². The van der Waals surface area contributed by atoms with Crippen LogP contribution in [0.2, 0.25) is 0 Å². The van der Waals surface area contributed by atoms with Crippen LogP contribution in [-0.2, 0) is 27.7 Å². The number of nitrogens with two attached hydrogens (primary N) is 1. The maximum Gasteiger partial charge on any atom is 0.410 e. The number of ether oxygens (including phenoxy) is 1. The number of sulfonamides is 1. The second kappa shape index (κ2) is 5.01. The van der Waals surface area contributed by atoms with E-state index >= 15 is 0 Å². The Kier molecular flexibility index (Phi) is 3.83. The third kappa shape index (κ3) is 3.50. The number of primary sulfonamides is 1. The number of carbonyl (C=O) groups is 1. The van der Waals surface area contributed by atoms with Gasteiger partial charge in [-0.05, 0) is 38.8 Å². The summed E-state index contributed by atoms with van der Waals surface area (Å²) < 4.78 is 28.1. The summed E-state index contributed by atoms with van der Waals surface area (Å²) in [5, 5.41) is 5.12. The van der Waals surface area contributed by atoms with E-state index in [9.17, 15) is 13.2 Å². The number of carbonyl (C=O) groups excluding carboxylic acids is 1. The van der Waals surface area contributed by atoms with Crippen LogP contribution in [-0.4, -0.2) is 31.6 Å². The van der Waals surface area contributed by atoms with E-state index in [4.69, 9.17) is 9.88 Å². The summed E-state index contributed by atoms with van der Waals surface area (Å²) in [5.74, 6) is 0. The van der Waals surface area contributed by atoms with Gasteiger partial charge in [-0.3, -0.25) is 0 Å². The molecule has 0 aromatic carbocycles. The number of amides is 1. The fraction of sp³-hybridized carbons (Fsp3) is 0.583. The topological polar surface area (TPSA) is 89.7 Å². The van der Waals surface area contributed by atoms with Crippen molar-refractivity contribution in [3.8, 4) is 0 Å². The highest BCUT2D eigenvalue weighted by Crippen LogP contribution is 2.30. The fourth-order valence-electron chi connectivity index (χ4n) is 1.93. The van der Waals surface area contributed by atoms with E-state index in [1.54, 1.807) is 11.0 Å². The molecule has 0 fully saturated rings. The van der Waals surface area contributed by atoms with E-state index in [-0.39, 0.29) is 10.3 Å². The van der Waals surface area contributed by atoms with Crippen molar-refractivity contribution in [2.45, 2.75) is 43.5 Å². The summed E-state index contributed by atoms with van der Waals surface area (Å²) in [4.78, 5) is 14.5. The Balaban J connectivity index is 2.15. The first kappa shape index (κ1) is 15.3. The van der Waals surface area contributed by atoms with Gasteiger partial charge in [-0.2, -0.15) is 0 Å². The molecule has 2 N–H and O–H groups in total. The van der Waals surface area contributed by atoms with Gasteiger partial charge in [-0.15, -0.1) is 11.3 Å². The Hall–Kier alpha value is -1.12. The largest absolute Gasteiger partial charge is 0.444 e. The summed E-state index contributed by atoms with van der Waals surface area (Å²) in [7, 11) is -3.68. The second-order valence-electron chi connectivity index (χ2n) is 5.71. The highest BCUT2D eigenvalue weighted by Gasteiger charge is 2.28. The molecule has 1 aromatic heterocycles. The summed E-state index contributed by atoms with van der Waals surface area (Å²) >= 11 is 1.18. The maximum absolute atomic E-state index is 12.0. The number of nitrogens with zero attached hydrogens (tertiary/aromatic N) is 1. The van der Waals surface area contributed by atoms with Crippen LogP contribution < -0.4 is 5.14 Å². The lowest BCUT2D eigenvalue weighted by Crippen LogP contribution is -2.39. The van der Waals surface area contributed by atoms with E-state index in [0.717, 1.165) is 10.4 Å². The minimum atomic E-state index is -3.68. The zero-order chi connectivity index (χ0) is 15.1. The minimum absolute atomic E-state index is 0.147. The molecule has 0 bridgehead atoms. The van der Waals surface area contributed by atoms with Crippen LogP contribution in [0.15, 0.2) is 10.3 Å². The molecule has 0 radical (unpaired) electrons. The normalized spacial score (nSPS) is 15.9. The molecule has 20 heavy (non-hydrogen) atoms. The van der Waals surface area contributed by atoms with Gasteiger partial charge < -0.3 is 9.64 Å². The Bertz CT molecular complexity index is 628. The minimum Gasteiger partial charge on any atom is -0.444 e. The molecule has 0 saturated heterocycles. The summed E-state index contributed by atoms with van der Waals surface area (Å²) in [5.41, 5.74) is 0.286. The summed E-state index contributed by atoms with van der Waals surface area (Å²) in [6, 6.07) is 1.55. The number of thiophene rings is 1. The summed E-state index contributed by atoms with van der Waals surface area (Å²) in [6.45, 7) is 6.31. The van der Waals surface area contributed by atoms with Crippen molar-refractivity contribution >= 4 is 27.5 Å². The molecule has 2 heterocycles. The monoisotopic (exact) mass is 318 g/mol. The van der Waals surface area contributed by atoms with Crippen molar-refractivity contribution < 1.29 is 17.9 Å². The van der Waals surface area contributed by atoms with E-state index in [1.807, 2.05) is 20.8 Å². The third-order valence-electron chi connectivity index (χ3n) is 2.78. The van der Waals surface area contributed by atoms with E-state index in [0.29, 0.717) is 19.5 Å². The van der Waals surface area contributed by atoms with Gasteiger partial charge in [0.1, 0.15) is 9.81 Å². The maximum atomic E-state index is 12.0. The second-order valence-corrected chi connectivity index (χ2v) is 8.64. The van der Waals surface area contributed by atoms with Crippen LogP contribution in [0.25, 0.3) is 0 Å². The molecule has 0 aliphatic carbocycles. The van der Waals surface area contributed by atoms with Gasteiger partial charge in [0.25, 0.3) is 0 Å². The standard InChI is InChI=1S/C12H18N2O4S2/c1-12(2,3)18-11(15)14-5-4-9-8(7-14)6-10(19-9)20(13,16)17/h6H,4-5,7H2,1-3H3,(H2,13,16,17). The Morgan fingerprint density at radius 3 is 2.65 bits per heavy atom. The SMILES string of the molecule is CC(C)(C)OC(=O)N1CCc2sc(S(N)(=O)=O)cc2C1. The molecule has 8 heteroatoms. The molecular formula is C12H18N2O4S2. The first-order valence-electron chi connectivity index (χ1n) is 6.18. The van der Waals surface area contributed by atoms with Crippen molar-refractivity contribution in [2.24, 2.45) is 5.14 Å². The first-order chi connectivity index (χ1) is 9.06. The van der Waals surface area contributed by atoms with Crippen molar-refractivity contribution in [1.29, 1.82) is 0 Å². The highest BCUT2D eigenvalue weighted by molar-refractivity contribution is 7.91. The van der Waals surface area contributed by atoms with Crippen molar-refractivity contribution in [1.82, 2.24) is 4.90 Å². The summed E-state index contributed by atoms with van der Waals surface area (Å²) in [6.07, 6.45) is 0.237. The number of fused-ring (bicyclic) bond motifs is 1. The zero-order valence-electron chi connectivity index (χ0n) is 11.7. The lowest BCUT2D eigenvalue weighted by atomic mass is 10.1. The Labute approximate surface area is 122 Å². The molecule has 6 nitrogen and oxygen atoms in total. The molecule has 1 aliphatic rings. The van der Waals surface area contributed by atoms with Gasteiger partial charge in [-0.25, -0.2) is 18.4 Å². The molecule has 1 amide bonds. The molecule has 0 unspecified atom stereocenters. The van der Waals surface area contributed by atoms with E-state index < -0.39 is 15.6 Å². The molecule has 112 valence electrons. The van der Waals surface area contributed by atoms with Gasteiger partial charge in [0.2, 0.25) is 10.0 Å². The fourth-order valence-corrected chi connectivity index (χ4v) is 3.89. The predicted octanol–water partition coefficient (Wildman–Crippen LogP) is 1.69. The zero-order valence-corrected chi connectivity index (χ0v) is 13.3. The van der Waals surface area contributed by atoms with Gasteiger partial charge in [0.05, 0.1) is 6.54 Å². The van der Waals surface area contributed by atoms with Crippen molar-refractivity contribution in [3.05, 3.63) is 16.5 Å². The van der Waals surface area contributed by atoms with Crippen LogP contribution in [0.4, 0.5) is 4.79 Å². The van der Waals surface area contributed by atoms with Crippen LogP contribution in [0.1, 0.15) is 31.2 Å². The smallest absolute Gasteiger partial charge is 0.410 e. The van der Waals surface area contributed by atoms with Crippen LogP contribution in [0.3, 0.4) is 0 Å². The van der Waals surface area contributed by atoms with Crippen molar-refractivity contribution in [2.75, 3.05) is 6.54 Å². The van der Waals surface area contributed by atoms with Crippen molar-refractivity contribution in [3.63, 3.8) is 0 Å². The average molecular weight is 318 g/mol. The molecule has 0 spiro atoms. The molecule has 0 atom stereocenters. The van der Waals surface area contributed by atoms with Gasteiger partial charge >= 0.3 is 6.09 Å². The molecule has 0 saturated carbocycles. The lowest BCUT2D eigenvalue weighted by molar-refractivity contribution is 0.0225. The molecule has 1 aromatic rings. The van der Waals surface area contributed by atoms with Gasteiger partial charge in [0, 0.05) is 11.4 Å². The predicted molar refractivity (Wildman–Crippen MR) is 76.0 cm³/mol. The van der Waals surface area contributed by atoms with E-state index in [1.165, 1.54) is 11.3 Å². The number of hydrogen-bond acceptors (Lipinski definition) is 5. The highest BCUT2D eigenvalue weighted by atomic mass is 32.2. The number of rotatable bonds is 1. The quantitative estimate of drug-likeness (QED) is 0.853. The Morgan fingerprint density at radius 2 is 2.10 bits per heavy atom. The van der Waals surface area contributed by atoms with Gasteiger partial charge in [-0.1, -0.05) is 0 Å².